The second-order valence-electron chi connectivity index (χ2n) is 4.59. The van der Waals surface area contributed by atoms with Crippen molar-refractivity contribution in [3.05, 3.63) is 12.4 Å². The van der Waals surface area contributed by atoms with Crippen LogP contribution in [0.1, 0.15) is 20.8 Å². The summed E-state index contributed by atoms with van der Waals surface area (Å²) in [7, 11) is 1.64. The normalized spacial score (nSPS) is 11.6. The average Bonchev–Trinajstić information content (AvgIpc) is 2.74. The summed E-state index contributed by atoms with van der Waals surface area (Å²) in [4.78, 5) is 12.0. The average molecular weight is 254 g/mol. The Morgan fingerprint density at radius 2 is 2.28 bits per heavy atom. The molecule has 1 aromatic heterocycles. The fourth-order valence-corrected chi connectivity index (χ4v) is 1.54. The van der Waals surface area contributed by atoms with E-state index in [1.807, 2.05) is 20.8 Å². The molecular weight excluding hydrogens is 232 g/mol. The molecule has 0 bridgehead atoms. The zero-order valence-electron chi connectivity index (χ0n) is 11.5. The number of hydrogen-bond donors (Lipinski definition) is 2. The van der Waals surface area contributed by atoms with Crippen LogP contribution in [0.3, 0.4) is 0 Å². The molecule has 0 radical (unpaired) electrons. The second kappa shape index (κ2) is 6.51. The molecule has 6 nitrogen and oxygen atoms in total. The van der Waals surface area contributed by atoms with Crippen LogP contribution in [-0.2, 0) is 16.1 Å². The minimum Gasteiger partial charge on any atom is -0.383 e. The molecule has 0 unspecified atom stereocenters. The van der Waals surface area contributed by atoms with Crippen molar-refractivity contribution in [1.82, 2.24) is 15.1 Å². The molecule has 0 aliphatic heterocycles. The molecule has 1 amide bonds. The van der Waals surface area contributed by atoms with Crippen LogP contribution in [0.5, 0.6) is 0 Å². The molecule has 0 saturated carbocycles. The number of ether oxygens (including phenoxy) is 1. The number of hydrogen-bond acceptors (Lipinski definition) is 4. The quantitative estimate of drug-likeness (QED) is 0.757. The number of methoxy groups -OCH3 is 1. The van der Waals surface area contributed by atoms with Crippen LogP contribution in [0, 0.1) is 0 Å². The largest absolute Gasteiger partial charge is 0.383 e. The lowest BCUT2D eigenvalue weighted by Crippen LogP contribution is -2.49. The third-order valence-electron chi connectivity index (χ3n) is 2.60. The third kappa shape index (κ3) is 4.12. The Kier molecular flexibility index (Phi) is 5.30. The summed E-state index contributed by atoms with van der Waals surface area (Å²) in [5, 5.41) is 10.1. The summed E-state index contributed by atoms with van der Waals surface area (Å²) >= 11 is 0. The van der Waals surface area contributed by atoms with Crippen molar-refractivity contribution in [1.29, 1.82) is 0 Å². The molecule has 0 saturated heterocycles. The summed E-state index contributed by atoms with van der Waals surface area (Å²) in [5.41, 5.74) is 0.103. The Bertz CT molecular complexity index is 387. The van der Waals surface area contributed by atoms with Gasteiger partial charge in [0.1, 0.15) is 0 Å². The van der Waals surface area contributed by atoms with E-state index in [0.717, 1.165) is 6.54 Å². The van der Waals surface area contributed by atoms with E-state index in [-0.39, 0.29) is 5.91 Å². The van der Waals surface area contributed by atoms with Crippen LogP contribution in [-0.4, -0.2) is 41.5 Å². The van der Waals surface area contributed by atoms with E-state index in [0.29, 0.717) is 18.8 Å². The number of anilines is 1. The van der Waals surface area contributed by atoms with Gasteiger partial charge in [0.15, 0.2) is 0 Å². The first-order valence-electron chi connectivity index (χ1n) is 6.07. The first kappa shape index (κ1) is 14.7. The van der Waals surface area contributed by atoms with E-state index in [9.17, 15) is 4.79 Å². The number of likely N-dealkylation sites (N-methyl/N-ethyl adjacent to an activating group) is 1. The SMILES string of the molecule is CCNC(C)(C)C(=O)Nc1cnn(CCOC)c1. The molecule has 1 aromatic rings. The van der Waals surface area contributed by atoms with E-state index < -0.39 is 5.54 Å². The first-order valence-corrected chi connectivity index (χ1v) is 6.07. The van der Waals surface area contributed by atoms with Crippen LogP contribution < -0.4 is 10.6 Å². The maximum atomic E-state index is 12.0. The summed E-state index contributed by atoms with van der Waals surface area (Å²) < 4.78 is 6.70. The van der Waals surface area contributed by atoms with Crippen molar-refractivity contribution in [2.75, 3.05) is 25.6 Å². The predicted octanol–water partition coefficient (Wildman–Crippen LogP) is 0.856. The highest BCUT2D eigenvalue weighted by Crippen LogP contribution is 2.10. The van der Waals surface area contributed by atoms with Gasteiger partial charge in [0.05, 0.1) is 30.6 Å². The highest BCUT2D eigenvalue weighted by Gasteiger charge is 2.26. The van der Waals surface area contributed by atoms with Crippen molar-refractivity contribution < 1.29 is 9.53 Å². The topological polar surface area (TPSA) is 68.2 Å². The lowest BCUT2D eigenvalue weighted by atomic mass is 10.0. The Labute approximate surface area is 108 Å². The Morgan fingerprint density at radius 1 is 1.56 bits per heavy atom. The molecule has 0 aliphatic carbocycles. The van der Waals surface area contributed by atoms with Crippen LogP contribution in [0.25, 0.3) is 0 Å². The monoisotopic (exact) mass is 254 g/mol. The Balaban J connectivity index is 2.56. The highest BCUT2D eigenvalue weighted by molar-refractivity contribution is 5.97. The molecule has 0 spiro atoms. The van der Waals surface area contributed by atoms with Gasteiger partial charge >= 0.3 is 0 Å². The van der Waals surface area contributed by atoms with Crippen LogP contribution in [0.2, 0.25) is 0 Å². The minimum atomic E-state index is -0.594. The maximum Gasteiger partial charge on any atom is 0.244 e. The van der Waals surface area contributed by atoms with Gasteiger partial charge in [0.25, 0.3) is 0 Å². The van der Waals surface area contributed by atoms with Crippen molar-refractivity contribution in [2.45, 2.75) is 32.9 Å². The zero-order valence-corrected chi connectivity index (χ0v) is 11.5. The number of nitrogens with one attached hydrogen (secondary N) is 2. The fourth-order valence-electron chi connectivity index (χ4n) is 1.54. The first-order chi connectivity index (χ1) is 8.49. The van der Waals surface area contributed by atoms with E-state index in [1.54, 1.807) is 24.2 Å². The lowest BCUT2D eigenvalue weighted by molar-refractivity contribution is -0.121. The lowest BCUT2D eigenvalue weighted by Gasteiger charge is -2.23. The summed E-state index contributed by atoms with van der Waals surface area (Å²) in [5.74, 6) is -0.0735. The smallest absolute Gasteiger partial charge is 0.244 e. The molecule has 102 valence electrons. The van der Waals surface area contributed by atoms with E-state index in [2.05, 4.69) is 15.7 Å². The van der Waals surface area contributed by atoms with Gasteiger partial charge in [0.2, 0.25) is 5.91 Å². The van der Waals surface area contributed by atoms with E-state index >= 15 is 0 Å². The molecule has 0 atom stereocenters. The fraction of sp³-hybridized carbons (Fsp3) is 0.667. The molecule has 6 heteroatoms. The van der Waals surface area contributed by atoms with Crippen molar-refractivity contribution in [2.24, 2.45) is 0 Å². The molecule has 0 aromatic carbocycles. The maximum absolute atomic E-state index is 12.0. The van der Waals surface area contributed by atoms with Crippen LogP contribution in [0.4, 0.5) is 5.69 Å². The van der Waals surface area contributed by atoms with Gasteiger partial charge in [-0.3, -0.25) is 9.48 Å². The minimum absolute atomic E-state index is 0.0735. The number of aromatic nitrogens is 2. The highest BCUT2D eigenvalue weighted by atomic mass is 16.5. The summed E-state index contributed by atoms with van der Waals surface area (Å²) in [6, 6.07) is 0. The zero-order chi connectivity index (χ0) is 13.6. The number of rotatable bonds is 7. The van der Waals surface area contributed by atoms with Crippen LogP contribution >= 0.6 is 0 Å². The molecule has 18 heavy (non-hydrogen) atoms. The van der Waals surface area contributed by atoms with Gasteiger partial charge < -0.3 is 15.4 Å². The van der Waals surface area contributed by atoms with Crippen molar-refractivity contribution in [3.63, 3.8) is 0 Å². The molecular formula is C12H22N4O2. The van der Waals surface area contributed by atoms with Gasteiger partial charge in [-0.05, 0) is 20.4 Å². The van der Waals surface area contributed by atoms with Crippen molar-refractivity contribution >= 4 is 11.6 Å². The standard InChI is InChI=1S/C12H22N4O2/c1-5-13-12(2,3)11(17)15-10-8-14-16(9-10)6-7-18-4/h8-9,13H,5-7H2,1-4H3,(H,15,17). The Morgan fingerprint density at radius 3 is 2.89 bits per heavy atom. The van der Waals surface area contributed by atoms with E-state index in [1.165, 1.54) is 0 Å². The van der Waals surface area contributed by atoms with Crippen molar-refractivity contribution in [3.8, 4) is 0 Å². The van der Waals surface area contributed by atoms with Crippen LogP contribution in [0.15, 0.2) is 12.4 Å². The molecule has 1 rings (SSSR count). The van der Waals surface area contributed by atoms with Gasteiger partial charge in [-0.1, -0.05) is 6.92 Å². The predicted molar refractivity (Wildman–Crippen MR) is 70.5 cm³/mol. The Hall–Kier alpha value is -1.40. The molecule has 1 heterocycles. The molecule has 0 aliphatic rings. The number of amides is 1. The van der Waals surface area contributed by atoms with Gasteiger partial charge in [0, 0.05) is 13.3 Å². The molecule has 2 N–H and O–H groups in total. The number of nitrogens with zero attached hydrogens (tertiary/aromatic N) is 2. The number of carbonyl (C=O) groups is 1. The van der Waals surface area contributed by atoms with Gasteiger partial charge in [-0.2, -0.15) is 5.10 Å². The van der Waals surface area contributed by atoms with E-state index in [4.69, 9.17) is 4.74 Å². The molecule has 0 fully saturated rings. The van der Waals surface area contributed by atoms with Gasteiger partial charge in [-0.25, -0.2) is 0 Å². The van der Waals surface area contributed by atoms with Gasteiger partial charge in [-0.15, -0.1) is 0 Å². The summed E-state index contributed by atoms with van der Waals surface area (Å²) in [6.45, 7) is 7.68. The third-order valence-corrected chi connectivity index (χ3v) is 2.60. The second-order valence-corrected chi connectivity index (χ2v) is 4.59. The summed E-state index contributed by atoms with van der Waals surface area (Å²) in [6.07, 6.45) is 3.43. The number of carbonyl (C=O) groups excluding carboxylic acids is 1.